The van der Waals surface area contributed by atoms with E-state index in [0.29, 0.717) is 13.0 Å². The van der Waals surface area contributed by atoms with E-state index < -0.39 is 0 Å². The minimum Gasteiger partial charge on any atom is -0.466 e. The lowest BCUT2D eigenvalue weighted by atomic mass is 10.0. The molecule has 0 saturated heterocycles. The van der Waals surface area contributed by atoms with Crippen LogP contribution in [-0.4, -0.2) is 12.6 Å². The van der Waals surface area contributed by atoms with Crippen molar-refractivity contribution in [3.8, 4) is 11.8 Å². The molecule has 0 unspecified atom stereocenters. The standard InChI is InChI=1S/C44H84O2/c1-3-5-7-9-11-13-15-17-19-21-23-25-27-29-31-33-35-37-39-41-43-46-44(45)42-40-38-36-34-32-30-28-26-24-22-20-18-16-14-12-10-8-6-4-2/h3-17,19,21-43H2,1-2H3. The second-order valence-electron chi connectivity index (χ2n) is 14.5. The van der Waals surface area contributed by atoms with Gasteiger partial charge in [-0.15, -0.1) is 11.8 Å². The largest absolute Gasteiger partial charge is 0.466 e. The molecule has 0 spiro atoms. The van der Waals surface area contributed by atoms with E-state index in [1.165, 1.54) is 212 Å². The number of esters is 1. The highest BCUT2D eigenvalue weighted by atomic mass is 16.5. The first-order chi connectivity index (χ1) is 22.8. The van der Waals surface area contributed by atoms with Crippen molar-refractivity contribution in [2.24, 2.45) is 0 Å². The van der Waals surface area contributed by atoms with Crippen molar-refractivity contribution in [1.29, 1.82) is 0 Å². The van der Waals surface area contributed by atoms with E-state index in [-0.39, 0.29) is 5.97 Å². The number of unbranched alkanes of at least 4 members (excludes halogenated alkanes) is 34. The van der Waals surface area contributed by atoms with E-state index in [2.05, 4.69) is 25.7 Å². The molecule has 0 aliphatic heterocycles. The summed E-state index contributed by atoms with van der Waals surface area (Å²) in [5.41, 5.74) is 0. The number of rotatable bonds is 38. The van der Waals surface area contributed by atoms with E-state index in [4.69, 9.17) is 4.74 Å². The van der Waals surface area contributed by atoms with Gasteiger partial charge >= 0.3 is 5.97 Å². The maximum absolute atomic E-state index is 12.0. The molecular formula is C44H84O2. The van der Waals surface area contributed by atoms with Crippen LogP contribution in [0.15, 0.2) is 0 Å². The maximum Gasteiger partial charge on any atom is 0.305 e. The van der Waals surface area contributed by atoms with Gasteiger partial charge in [0, 0.05) is 19.3 Å². The highest BCUT2D eigenvalue weighted by Crippen LogP contribution is 2.16. The topological polar surface area (TPSA) is 26.3 Å². The first-order valence-corrected chi connectivity index (χ1v) is 21.4. The van der Waals surface area contributed by atoms with Crippen LogP contribution in [0.3, 0.4) is 0 Å². The van der Waals surface area contributed by atoms with Gasteiger partial charge in [0.2, 0.25) is 0 Å². The molecule has 0 rings (SSSR count). The second-order valence-corrected chi connectivity index (χ2v) is 14.5. The smallest absolute Gasteiger partial charge is 0.305 e. The number of ether oxygens (including phenoxy) is 1. The van der Waals surface area contributed by atoms with Crippen LogP contribution in [0.1, 0.15) is 258 Å². The Labute approximate surface area is 291 Å². The number of hydrogen-bond donors (Lipinski definition) is 0. The number of carbonyl (C=O) groups is 1. The number of hydrogen-bond acceptors (Lipinski definition) is 2. The zero-order chi connectivity index (χ0) is 33.3. The van der Waals surface area contributed by atoms with E-state index in [1.807, 2.05) is 0 Å². The zero-order valence-electron chi connectivity index (χ0n) is 31.9. The molecule has 0 radical (unpaired) electrons. The van der Waals surface area contributed by atoms with Crippen LogP contribution in [0.4, 0.5) is 0 Å². The summed E-state index contributed by atoms with van der Waals surface area (Å²) in [4.78, 5) is 12.0. The summed E-state index contributed by atoms with van der Waals surface area (Å²) < 4.78 is 5.47. The van der Waals surface area contributed by atoms with Gasteiger partial charge in [0.1, 0.15) is 0 Å². The van der Waals surface area contributed by atoms with Crippen LogP contribution in [0, 0.1) is 11.8 Å². The third kappa shape index (κ3) is 41.1. The molecule has 46 heavy (non-hydrogen) atoms. The summed E-state index contributed by atoms with van der Waals surface area (Å²) in [6.45, 7) is 5.20. The van der Waals surface area contributed by atoms with Crippen molar-refractivity contribution in [2.45, 2.75) is 258 Å². The molecule has 272 valence electrons. The Balaban J connectivity index is 3.18. The molecule has 0 fully saturated rings. The molecule has 0 bridgehead atoms. The molecule has 2 nitrogen and oxygen atoms in total. The summed E-state index contributed by atoms with van der Waals surface area (Å²) in [6.07, 6.45) is 50.2. The number of carbonyl (C=O) groups excluding carboxylic acids is 1. The average molecular weight is 645 g/mol. The van der Waals surface area contributed by atoms with E-state index in [9.17, 15) is 4.79 Å². The van der Waals surface area contributed by atoms with Crippen LogP contribution in [0.5, 0.6) is 0 Å². The monoisotopic (exact) mass is 645 g/mol. The van der Waals surface area contributed by atoms with E-state index in [0.717, 1.165) is 25.7 Å². The molecule has 0 heterocycles. The van der Waals surface area contributed by atoms with Crippen molar-refractivity contribution in [3.63, 3.8) is 0 Å². The molecule has 0 aromatic rings. The molecular weight excluding hydrogens is 560 g/mol. The molecule has 0 aromatic carbocycles. The van der Waals surface area contributed by atoms with Crippen molar-refractivity contribution in [1.82, 2.24) is 0 Å². The Morgan fingerprint density at radius 3 is 0.935 bits per heavy atom. The van der Waals surface area contributed by atoms with Crippen LogP contribution < -0.4 is 0 Å². The molecule has 0 aliphatic rings. The predicted octanol–water partition coefficient (Wildman–Crippen LogP) is 15.4. The Hall–Kier alpha value is -0.970. The molecule has 0 saturated carbocycles. The van der Waals surface area contributed by atoms with Gasteiger partial charge < -0.3 is 4.74 Å². The Morgan fingerprint density at radius 2 is 0.609 bits per heavy atom. The van der Waals surface area contributed by atoms with Crippen molar-refractivity contribution in [3.05, 3.63) is 0 Å². The minimum atomic E-state index is 0.0212. The van der Waals surface area contributed by atoms with Crippen LogP contribution in [0.2, 0.25) is 0 Å². The van der Waals surface area contributed by atoms with Gasteiger partial charge in [-0.2, -0.15) is 0 Å². The third-order valence-electron chi connectivity index (χ3n) is 9.72. The van der Waals surface area contributed by atoms with Gasteiger partial charge in [-0.3, -0.25) is 4.79 Å². The highest BCUT2D eigenvalue weighted by molar-refractivity contribution is 5.69. The Morgan fingerprint density at radius 1 is 0.348 bits per heavy atom. The quantitative estimate of drug-likeness (QED) is 0.0380. The lowest BCUT2D eigenvalue weighted by Crippen LogP contribution is -2.05. The summed E-state index contributed by atoms with van der Waals surface area (Å²) in [6, 6.07) is 0. The fourth-order valence-corrected chi connectivity index (χ4v) is 6.51. The molecule has 0 N–H and O–H groups in total. The van der Waals surface area contributed by atoms with Crippen LogP contribution in [-0.2, 0) is 9.53 Å². The molecule has 0 atom stereocenters. The lowest BCUT2D eigenvalue weighted by molar-refractivity contribution is -0.143. The molecule has 0 aliphatic carbocycles. The summed E-state index contributed by atoms with van der Waals surface area (Å²) in [5, 5.41) is 0. The van der Waals surface area contributed by atoms with E-state index in [1.54, 1.807) is 0 Å². The van der Waals surface area contributed by atoms with Gasteiger partial charge in [0.25, 0.3) is 0 Å². The summed E-state index contributed by atoms with van der Waals surface area (Å²) in [5.74, 6) is 6.77. The first-order valence-electron chi connectivity index (χ1n) is 21.4. The first kappa shape index (κ1) is 45.0. The van der Waals surface area contributed by atoms with Gasteiger partial charge in [-0.1, -0.05) is 213 Å². The average Bonchev–Trinajstić information content (AvgIpc) is 3.06. The lowest BCUT2D eigenvalue weighted by Gasteiger charge is -2.06. The van der Waals surface area contributed by atoms with Gasteiger partial charge in [-0.05, 0) is 25.7 Å². The Kier molecular flexibility index (Phi) is 41.2. The van der Waals surface area contributed by atoms with E-state index >= 15 is 0 Å². The molecule has 2 heteroatoms. The third-order valence-corrected chi connectivity index (χ3v) is 9.72. The van der Waals surface area contributed by atoms with Crippen molar-refractivity contribution >= 4 is 5.97 Å². The Bertz CT molecular complexity index is 630. The summed E-state index contributed by atoms with van der Waals surface area (Å²) >= 11 is 0. The van der Waals surface area contributed by atoms with Crippen LogP contribution in [0.25, 0.3) is 0 Å². The second kappa shape index (κ2) is 42.1. The zero-order valence-corrected chi connectivity index (χ0v) is 31.9. The fraction of sp³-hybridized carbons (Fsp3) is 0.932. The molecule has 0 aromatic heterocycles. The normalized spacial score (nSPS) is 11.1. The summed E-state index contributed by atoms with van der Waals surface area (Å²) in [7, 11) is 0. The fourth-order valence-electron chi connectivity index (χ4n) is 6.51. The minimum absolute atomic E-state index is 0.0212. The van der Waals surface area contributed by atoms with Crippen molar-refractivity contribution in [2.75, 3.05) is 6.61 Å². The molecule has 0 amide bonds. The van der Waals surface area contributed by atoms with Crippen LogP contribution >= 0.6 is 0 Å². The maximum atomic E-state index is 12.0. The van der Waals surface area contributed by atoms with Gasteiger partial charge in [0.15, 0.2) is 0 Å². The van der Waals surface area contributed by atoms with Gasteiger partial charge in [0.05, 0.1) is 6.61 Å². The highest BCUT2D eigenvalue weighted by Gasteiger charge is 2.03. The SMILES string of the molecule is CCCCCCCCC#CCCCCCCCCCCCC(=O)OCCCCCCCCCCCCCCCCCCCCCC. The van der Waals surface area contributed by atoms with Crippen molar-refractivity contribution < 1.29 is 9.53 Å². The predicted molar refractivity (Wildman–Crippen MR) is 206 cm³/mol. The van der Waals surface area contributed by atoms with Gasteiger partial charge in [-0.25, -0.2) is 0 Å².